The maximum atomic E-state index is 11.5. The molecule has 0 bridgehead atoms. The Kier molecular flexibility index (Phi) is 7.65. The third-order valence-corrected chi connectivity index (χ3v) is 3.93. The third-order valence-electron chi connectivity index (χ3n) is 2.95. The van der Waals surface area contributed by atoms with Crippen LogP contribution < -0.4 is 5.32 Å². The highest BCUT2D eigenvalue weighted by Gasteiger charge is 2.33. The van der Waals surface area contributed by atoms with E-state index in [9.17, 15) is 4.79 Å². The van der Waals surface area contributed by atoms with Gasteiger partial charge in [0.1, 0.15) is 6.61 Å². The van der Waals surface area contributed by atoms with Crippen molar-refractivity contribution >= 4 is 17.7 Å². The SMILES string of the molecule is CCOCC(=O)NCC1(OCCO)CCSCC1. The largest absolute Gasteiger partial charge is 0.394 e. The Morgan fingerprint density at radius 3 is 2.78 bits per heavy atom. The van der Waals surface area contributed by atoms with E-state index in [-0.39, 0.29) is 24.7 Å². The summed E-state index contributed by atoms with van der Waals surface area (Å²) in [7, 11) is 0. The van der Waals surface area contributed by atoms with Gasteiger partial charge in [-0.15, -0.1) is 0 Å². The Morgan fingerprint density at radius 2 is 2.17 bits per heavy atom. The molecule has 0 unspecified atom stereocenters. The van der Waals surface area contributed by atoms with Crippen molar-refractivity contribution in [2.75, 3.05) is 44.5 Å². The van der Waals surface area contributed by atoms with Gasteiger partial charge in [-0.1, -0.05) is 0 Å². The summed E-state index contributed by atoms with van der Waals surface area (Å²) in [5.74, 6) is 1.96. The van der Waals surface area contributed by atoms with E-state index < -0.39 is 0 Å². The lowest BCUT2D eigenvalue weighted by Gasteiger charge is -2.37. The molecule has 106 valence electrons. The zero-order valence-electron chi connectivity index (χ0n) is 10.9. The number of hydrogen-bond donors (Lipinski definition) is 2. The van der Waals surface area contributed by atoms with Gasteiger partial charge in [0.2, 0.25) is 5.91 Å². The van der Waals surface area contributed by atoms with Crippen LogP contribution in [0.25, 0.3) is 0 Å². The molecule has 1 rings (SSSR count). The van der Waals surface area contributed by atoms with Crippen molar-refractivity contribution in [1.29, 1.82) is 0 Å². The van der Waals surface area contributed by atoms with Crippen LogP contribution in [-0.2, 0) is 14.3 Å². The molecule has 18 heavy (non-hydrogen) atoms. The van der Waals surface area contributed by atoms with Gasteiger partial charge in [0.15, 0.2) is 0 Å². The van der Waals surface area contributed by atoms with E-state index in [4.69, 9.17) is 14.6 Å². The Labute approximate surface area is 113 Å². The summed E-state index contributed by atoms with van der Waals surface area (Å²) in [5.41, 5.74) is -0.310. The summed E-state index contributed by atoms with van der Waals surface area (Å²) >= 11 is 1.90. The third kappa shape index (κ3) is 5.56. The van der Waals surface area contributed by atoms with Gasteiger partial charge in [-0.05, 0) is 31.3 Å². The number of hydrogen-bond acceptors (Lipinski definition) is 5. The number of aliphatic hydroxyl groups is 1. The highest BCUT2D eigenvalue weighted by atomic mass is 32.2. The van der Waals surface area contributed by atoms with Gasteiger partial charge in [0, 0.05) is 13.2 Å². The fraction of sp³-hybridized carbons (Fsp3) is 0.917. The number of nitrogens with one attached hydrogen (secondary N) is 1. The number of carbonyl (C=O) groups is 1. The van der Waals surface area contributed by atoms with Crippen molar-refractivity contribution in [2.24, 2.45) is 0 Å². The van der Waals surface area contributed by atoms with Gasteiger partial charge in [0.05, 0.1) is 18.8 Å². The average Bonchev–Trinajstić information content (AvgIpc) is 2.42. The van der Waals surface area contributed by atoms with Gasteiger partial charge >= 0.3 is 0 Å². The Bertz CT molecular complexity index is 244. The van der Waals surface area contributed by atoms with Crippen LogP contribution in [0.3, 0.4) is 0 Å². The summed E-state index contributed by atoms with van der Waals surface area (Å²) in [6, 6.07) is 0. The lowest BCUT2D eigenvalue weighted by atomic mass is 9.96. The van der Waals surface area contributed by atoms with Gasteiger partial charge in [-0.25, -0.2) is 0 Å². The Hall–Kier alpha value is -0.300. The van der Waals surface area contributed by atoms with Gasteiger partial charge < -0.3 is 19.9 Å². The highest BCUT2D eigenvalue weighted by molar-refractivity contribution is 7.99. The predicted molar refractivity (Wildman–Crippen MR) is 71.8 cm³/mol. The standard InChI is InChI=1S/C12H23NO4S/c1-2-16-9-11(15)13-10-12(17-6-5-14)3-7-18-8-4-12/h14H,2-10H2,1H3,(H,13,15). The molecule has 0 spiro atoms. The van der Waals surface area contributed by atoms with Crippen molar-refractivity contribution in [3.8, 4) is 0 Å². The predicted octanol–water partition coefficient (Wildman–Crippen LogP) is 0.414. The molecule has 0 radical (unpaired) electrons. The van der Waals surface area contributed by atoms with Crippen LogP contribution in [0.4, 0.5) is 0 Å². The minimum absolute atomic E-state index is 0.0157. The second-order valence-electron chi connectivity index (χ2n) is 4.28. The van der Waals surface area contributed by atoms with Crippen molar-refractivity contribution in [3.05, 3.63) is 0 Å². The molecule has 0 aromatic carbocycles. The minimum atomic E-state index is -0.310. The van der Waals surface area contributed by atoms with Crippen molar-refractivity contribution < 1.29 is 19.4 Å². The van der Waals surface area contributed by atoms with Crippen molar-refractivity contribution in [1.82, 2.24) is 5.32 Å². The van der Waals surface area contributed by atoms with E-state index in [1.165, 1.54) is 0 Å². The first kappa shape index (κ1) is 15.8. The minimum Gasteiger partial charge on any atom is -0.394 e. The average molecular weight is 277 g/mol. The lowest BCUT2D eigenvalue weighted by molar-refractivity contribution is -0.128. The van der Waals surface area contributed by atoms with E-state index in [2.05, 4.69) is 5.32 Å². The number of aliphatic hydroxyl groups excluding tert-OH is 1. The molecule has 0 aromatic rings. The first-order valence-corrected chi connectivity index (χ1v) is 7.55. The zero-order valence-corrected chi connectivity index (χ0v) is 11.8. The number of carbonyl (C=O) groups excluding carboxylic acids is 1. The van der Waals surface area contributed by atoms with E-state index in [1.807, 2.05) is 18.7 Å². The zero-order chi connectivity index (χ0) is 13.3. The summed E-state index contributed by atoms with van der Waals surface area (Å²) in [5, 5.41) is 11.7. The molecule has 1 fully saturated rings. The molecule has 6 heteroatoms. The fourth-order valence-corrected chi connectivity index (χ4v) is 3.12. The van der Waals surface area contributed by atoms with Gasteiger partial charge in [-0.3, -0.25) is 4.79 Å². The topological polar surface area (TPSA) is 67.8 Å². The molecule has 1 saturated heterocycles. The first-order chi connectivity index (χ1) is 8.72. The maximum absolute atomic E-state index is 11.5. The molecule has 1 heterocycles. The molecule has 1 amide bonds. The monoisotopic (exact) mass is 277 g/mol. The lowest BCUT2D eigenvalue weighted by Crippen LogP contribution is -2.48. The summed E-state index contributed by atoms with van der Waals surface area (Å²) in [6.45, 7) is 3.34. The van der Waals surface area contributed by atoms with Crippen molar-refractivity contribution in [2.45, 2.75) is 25.4 Å². The van der Waals surface area contributed by atoms with Crippen LogP contribution in [0.15, 0.2) is 0 Å². The van der Waals surface area contributed by atoms with Crippen LogP contribution in [0, 0.1) is 0 Å². The molecule has 0 atom stereocenters. The van der Waals surface area contributed by atoms with Crippen LogP contribution in [0.2, 0.25) is 0 Å². The number of rotatable bonds is 8. The van der Waals surface area contributed by atoms with E-state index in [1.54, 1.807) is 0 Å². The second kappa shape index (κ2) is 8.74. The molecule has 0 saturated carbocycles. The van der Waals surface area contributed by atoms with E-state index >= 15 is 0 Å². The quantitative estimate of drug-likeness (QED) is 0.673. The molecule has 0 aliphatic carbocycles. The Morgan fingerprint density at radius 1 is 1.44 bits per heavy atom. The number of ether oxygens (including phenoxy) is 2. The van der Waals surface area contributed by atoms with Crippen molar-refractivity contribution in [3.63, 3.8) is 0 Å². The molecule has 0 aromatic heterocycles. The van der Waals surface area contributed by atoms with Crippen LogP contribution in [0.5, 0.6) is 0 Å². The molecule has 1 aliphatic heterocycles. The number of thioether (sulfide) groups is 1. The maximum Gasteiger partial charge on any atom is 0.246 e. The van der Waals surface area contributed by atoms with Crippen LogP contribution in [-0.4, -0.2) is 61.1 Å². The number of amides is 1. The molecule has 2 N–H and O–H groups in total. The summed E-state index contributed by atoms with van der Waals surface area (Å²) in [4.78, 5) is 11.5. The summed E-state index contributed by atoms with van der Waals surface area (Å²) in [6.07, 6.45) is 1.82. The Balaban J connectivity index is 2.38. The fourth-order valence-electron chi connectivity index (χ4n) is 1.88. The smallest absolute Gasteiger partial charge is 0.246 e. The van der Waals surface area contributed by atoms with Crippen LogP contribution >= 0.6 is 11.8 Å². The second-order valence-corrected chi connectivity index (χ2v) is 5.51. The molecular formula is C12H23NO4S. The summed E-state index contributed by atoms with van der Waals surface area (Å²) < 4.78 is 10.8. The molecular weight excluding hydrogens is 254 g/mol. The van der Waals surface area contributed by atoms with E-state index in [0.717, 1.165) is 24.3 Å². The molecule has 1 aliphatic rings. The first-order valence-electron chi connectivity index (χ1n) is 6.39. The van der Waals surface area contributed by atoms with Gasteiger partial charge in [0.25, 0.3) is 0 Å². The van der Waals surface area contributed by atoms with Gasteiger partial charge in [-0.2, -0.15) is 11.8 Å². The molecule has 5 nitrogen and oxygen atoms in total. The van der Waals surface area contributed by atoms with E-state index in [0.29, 0.717) is 19.8 Å². The normalized spacial score (nSPS) is 18.6. The highest BCUT2D eigenvalue weighted by Crippen LogP contribution is 2.29. The van der Waals surface area contributed by atoms with Crippen LogP contribution in [0.1, 0.15) is 19.8 Å².